The zero-order valence-electron chi connectivity index (χ0n) is 17.2. The van der Waals surface area contributed by atoms with Crippen molar-refractivity contribution in [2.24, 2.45) is 5.92 Å². The summed E-state index contributed by atoms with van der Waals surface area (Å²) in [5.41, 5.74) is 1.15. The van der Waals surface area contributed by atoms with Gasteiger partial charge in [-0.25, -0.2) is 0 Å². The van der Waals surface area contributed by atoms with Crippen LogP contribution in [-0.4, -0.2) is 54.2 Å². The molecular formula is C21H27ClN4O4. The number of halogens is 1. The molecule has 1 aliphatic rings. The number of nitrogens with one attached hydrogen (secondary N) is 2. The van der Waals surface area contributed by atoms with Gasteiger partial charge in [0.25, 0.3) is 0 Å². The maximum absolute atomic E-state index is 12.2. The smallest absolute Gasteiger partial charge is 0.228 e. The van der Waals surface area contributed by atoms with Crippen LogP contribution >= 0.6 is 11.6 Å². The van der Waals surface area contributed by atoms with E-state index in [0.717, 1.165) is 30.2 Å². The summed E-state index contributed by atoms with van der Waals surface area (Å²) in [6, 6.07) is 9.37. The van der Waals surface area contributed by atoms with E-state index in [2.05, 4.69) is 20.7 Å². The molecule has 0 bridgehead atoms. The van der Waals surface area contributed by atoms with E-state index in [1.54, 1.807) is 19.9 Å². The van der Waals surface area contributed by atoms with Gasteiger partial charge in [0.1, 0.15) is 5.76 Å². The average Bonchev–Trinajstić information content (AvgIpc) is 3.13. The number of carbonyl (C=O) groups is 2. The molecule has 1 aliphatic heterocycles. The molecule has 0 radical (unpaired) electrons. The summed E-state index contributed by atoms with van der Waals surface area (Å²) >= 11 is 6.06. The lowest BCUT2D eigenvalue weighted by molar-refractivity contribution is -0.122. The molecule has 0 saturated carbocycles. The first kappa shape index (κ1) is 22.3. The summed E-state index contributed by atoms with van der Waals surface area (Å²) in [5.74, 6) is 0.185. The molecular weight excluding hydrogens is 408 g/mol. The molecule has 2 N–H and O–H groups in total. The van der Waals surface area contributed by atoms with Crippen LogP contribution in [0.4, 0.5) is 5.82 Å². The first-order chi connectivity index (χ1) is 14.4. The van der Waals surface area contributed by atoms with E-state index in [-0.39, 0.29) is 30.3 Å². The van der Waals surface area contributed by atoms with E-state index >= 15 is 0 Å². The molecule has 0 spiro atoms. The average molecular weight is 435 g/mol. The van der Waals surface area contributed by atoms with Gasteiger partial charge in [-0.15, -0.1) is 0 Å². The Bertz CT molecular complexity index is 870. The summed E-state index contributed by atoms with van der Waals surface area (Å²) in [5, 5.41) is 10.0. The molecule has 1 aromatic heterocycles. The molecule has 8 nitrogen and oxygen atoms in total. The fraction of sp³-hybridized carbons (Fsp3) is 0.476. The van der Waals surface area contributed by atoms with Gasteiger partial charge < -0.3 is 19.9 Å². The molecule has 1 atom stereocenters. The number of benzene rings is 1. The number of hydrogen-bond donors (Lipinski definition) is 2. The van der Waals surface area contributed by atoms with Crippen molar-refractivity contribution in [3.63, 3.8) is 0 Å². The molecule has 2 aromatic rings. The van der Waals surface area contributed by atoms with Gasteiger partial charge in [0.2, 0.25) is 11.8 Å². The maximum atomic E-state index is 12.2. The Morgan fingerprint density at radius 3 is 2.93 bits per heavy atom. The van der Waals surface area contributed by atoms with E-state index in [1.807, 2.05) is 24.3 Å². The van der Waals surface area contributed by atoms with Gasteiger partial charge in [0, 0.05) is 43.2 Å². The molecule has 30 heavy (non-hydrogen) atoms. The van der Waals surface area contributed by atoms with E-state index in [9.17, 15) is 9.59 Å². The fourth-order valence-electron chi connectivity index (χ4n) is 3.12. The zero-order chi connectivity index (χ0) is 21.5. The second-order valence-electron chi connectivity index (χ2n) is 7.66. The number of rotatable bonds is 8. The van der Waals surface area contributed by atoms with Crippen LogP contribution in [0.1, 0.15) is 25.2 Å². The molecule has 1 aromatic carbocycles. The third kappa shape index (κ3) is 6.83. The molecule has 1 saturated heterocycles. The summed E-state index contributed by atoms with van der Waals surface area (Å²) in [6.45, 7) is 6.94. The normalized spacial score (nSPS) is 17.1. The molecule has 9 heteroatoms. The second kappa shape index (κ2) is 10.6. The fourth-order valence-corrected chi connectivity index (χ4v) is 3.33. The van der Waals surface area contributed by atoms with Gasteiger partial charge in [-0.1, -0.05) is 42.7 Å². The molecule has 0 unspecified atom stereocenters. The highest BCUT2D eigenvalue weighted by molar-refractivity contribution is 6.30. The van der Waals surface area contributed by atoms with Gasteiger partial charge >= 0.3 is 0 Å². The number of aromatic nitrogens is 1. The summed E-state index contributed by atoms with van der Waals surface area (Å²) in [7, 11) is 0. The minimum Gasteiger partial charge on any atom is -0.374 e. The molecule has 0 aliphatic carbocycles. The highest BCUT2D eigenvalue weighted by atomic mass is 35.5. The minimum absolute atomic E-state index is 0.0451. The van der Waals surface area contributed by atoms with Gasteiger partial charge in [0.05, 0.1) is 19.1 Å². The largest absolute Gasteiger partial charge is 0.374 e. The third-order valence-corrected chi connectivity index (χ3v) is 4.95. The standard InChI is InChI=1S/C21H27ClN4O4/c1-14(2)21(28)24-19-9-17(30-25-19)10-20(27)23-11-18-13-26(6-7-29-18)12-15-4-3-5-16(22)8-15/h3-5,8-9,14,18H,6-7,10-13H2,1-2H3,(H,23,27)(H,24,25,28)/t18-/m0/s1. The summed E-state index contributed by atoms with van der Waals surface area (Å²) < 4.78 is 10.9. The molecule has 1 fully saturated rings. The minimum atomic E-state index is -0.191. The molecule has 2 amide bonds. The van der Waals surface area contributed by atoms with Crippen molar-refractivity contribution in [1.82, 2.24) is 15.4 Å². The Kier molecular flexibility index (Phi) is 7.84. The van der Waals surface area contributed by atoms with Crippen LogP contribution in [0, 0.1) is 5.92 Å². The summed E-state index contributed by atoms with van der Waals surface area (Å²) in [6.07, 6.45) is -0.0405. The highest BCUT2D eigenvalue weighted by Crippen LogP contribution is 2.15. The highest BCUT2D eigenvalue weighted by Gasteiger charge is 2.21. The molecule has 2 heterocycles. The van der Waals surface area contributed by atoms with Crippen molar-refractivity contribution >= 4 is 29.2 Å². The third-order valence-electron chi connectivity index (χ3n) is 4.71. The topological polar surface area (TPSA) is 96.7 Å². The van der Waals surface area contributed by atoms with E-state index in [1.165, 1.54) is 0 Å². The van der Waals surface area contributed by atoms with Crippen molar-refractivity contribution in [1.29, 1.82) is 0 Å². The van der Waals surface area contributed by atoms with Crippen LogP contribution in [-0.2, 0) is 27.3 Å². The van der Waals surface area contributed by atoms with Crippen LogP contribution < -0.4 is 10.6 Å². The van der Waals surface area contributed by atoms with E-state index in [4.69, 9.17) is 20.9 Å². The van der Waals surface area contributed by atoms with E-state index in [0.29, 0.717) is 24.7 Å². The Balaban J connectivity index is 1.42. The Morgan fingerprint density at radius 1 is 1.33 bits per heavy atom. The first-order valence-electron chi connectivity index (χ1n) is 10.0. The SMILES string of the molecule is CC(C)C(=O)Nc1cc(CC(=O)NC[C@H]2CN(Cc3cccc(Cl)c3)CCO2)on1. The lowest BCUT2D eigenvalue weighted by Crippen LogP contribution is -2.47. The molecule has 3 rings (SSSR count). The Hall–Kier alpha value is -2.42. The lowest BCUT2D eigenvalue weighted by atomic mass is 10.2. The van der Waals surface area contributed by atoms with Crippen molar-refractivity contribution in [3.05, 3.63) is 46.7 Å². The maximum Gasteiger partial charge on any atom is 0.228 e. The number of anilines is 1. The van der Waals surface area contributed by atoms with Gasteiger partial charge in [-0.2, -0.15) is 0 Å². The number of carbonyl (C=O) groups excluding carboxylic acids is 2. The number of nitrogens with zero attached hydrogens (tertiary/aromatic N) is 2. The summed E-state index contributed by atoms with van der Waals surface area (Å²) in [4.78, 5) is 26.2. The van der Waals surface area contributed by atoms with Gasteiger partial charge in [-0.05, 0) is 17.7 Å². The van der Waals surface area contributed by atoms with Crippen LogP contribution in [0.25, 0.3) is 0 Å². The van der Waals surface area contributed by atoms with Crippen LogP contribution in [0.15, 0.2) is 34.9 Å². The monoisotopic (exact) mass is 434 g/mol. The number of hydrogen-bond acceptors (Lipinski definition) is 6. The predicted octanol–water partition coefficient (Wildman–Crippen LogP) is 2.48. The lowest BCUT2D eigenvalue weighted by Gasteiger charge is -2.33. The number of morpholine rings is 1. The van der Waals surface area contributed by atoms with Crippen molar-refractivity contribution < 1.29 is 18.8 Å². The number of amides is 2. The molecule has 162 valence electrons. The Morgan fingerprint density at radius 2 is 2.17 bits per heavy atom. The van der Waals surface area contributed by atoms with Crippen LogP contribution in [0.3, 0.4) is 0 Å². The Labute approximate surface area is 180 Å². The van der Waals surface area contributed by atoms with Crippen LogP contribution in [0.5, 0.6) is 0 Å². The quantitative estimate of drug-likeness (QED) is 0.662. The van der Waals surface area contributed by atoms with Crippen molar-refractivity contribution in [3.8, 4) is 0 Å². The van der Waals surface area contributed by atoms with E-state index < -0.39 is 0 Å². The first-order valence-corrected chi connectivity index (χ1v) is 10.4. The van der Waals surface area contributed by atoms with Crippen molar-refractivity contribution in [2.45, 2.75) is 32.9 Å². The van der Waals surface area contributed by atoms with Gasteiger partial charge in [0.15, 0.2) is 5.82 Å². The predicted molar refractivity (Wildman–Crippen MR) is 113 cm³/mol. The van der Waals surface area contributed by atoms with Crippen molar-refractivity contribution in [2.75, 3.05) is 31.6 Å². The number of ether oxygens (including phenoxy) is 1. The zero-order valence-corrected chi connectivity index (χ0v) is 17.9. The second-order valence-corrected chi connectivity index (χ2v) is 8.10. The van der Waals surface area contributed by atoms with Crippen LogP contribution in [0.2, 0.25) is 5.02 Å². The van der Waals surface area contributed by atoms with Gasteiger partial charge in [-0.3, -0.25) is 14.5 Å².